The average molecular weight is 206 g/mol. The van der Waals surface area contributed by atoms with Crippen molar-refractivity contribution in [2.45, 2.75) is 6.61 Å². The second kappa shape index (κ2) is 3.75. The summed E-state index contributed by atoms with van der Waals surface area (Å²) in [5.41, 5.74) is 4.61. The molecule has 1 nitrogen and oxygen atoms in total. The zero-order chi connectivity index (χ0) is 10.8. The lowest BCUT2D eigenvalue weighted by molar-refractivity contribution is 0.265. The maximum absolute atomic E-state index is 5.30. The Balaban J connectivity index is 2.30. The Morgan fingerprint density at radius 3 is 2.56 bits per heavy atom. The van der Waals surface area contributed by atoms with Crippen LogP contribution in [0.2, 0.25) is 0 Å². The number of hydrogen-bond donors (Lipinski definition) is 0. The van der Waals surface area contributed by atoms with Gasteiger partial charge in [0, 0.05) is 5.56 Å². The first-order valence-electron chi connectivity index (χ1n) is 5.25. The molecule has 0 fully saturated rings. The molecule has 0 N–H and O–H groups in total. The largest absolute Gasteiger partial charge is 0.441 e. The molecule has 76 valence electrons. The first-order chi connectivity index (χ1) is 7.95. The molecule has 2 aromatic rings. The molecule has 3 rings (SSSR count). The third-order valence-corrected chi connectivity index (χ3v) is 2.72. The van der Waals surface area contributed by atoms with Gasteiger partial charge in [-0.15, -0.1) is 0 Å². The molecule has 0 aliphatic carbocycles. The standard InChI is InChI=1S/C15H10O/c1-3-7-14-12(5-1)9-10-16-11-13-6-2-4-8-15(13)14/h1-8H,11H2. The highest BCUT2D eigenvalue weighted by molar-refractivity contribution is 5.74. The van der Waals surface area contributed by atoms with E-state index in [1.54, 1.807) is 0 Å². The van der Waals surface area contributed by atoms with Crippen LogP contribution in [0.3, 0.4) is 0 Å². The van der Waals surface area contributed by atoms with E-state index in [-0.39, 0.29) is 0 Å². The topological polar surface area (TPSA) is 9.23 Å². The summed E-state index contributed by atoms with van der Waals surface area (Å²) in [7, 11) is 0. The van der Waals surface area contributed by atoms with E-state index >= 15 is 0 Å². The normalized spacial score (nSPS) is 12.0. The van der Waals surface area contributed by atoms with Crippen molar-refractivity contribution in [1.82, 2.24) is 0 Å². The molecule has 0 bridgehead atoms. The van der Waals surface area contributed by atoms with Crippen molar-refractivity contribution >= 4 is 0 Å². The number of ether oxygens (including phenoxy) is 1. The van der Waals surface area contributed by atoms with Gasteiger partial charge in [-0.2, -0.15) is 0 Å². The second-order valence-electron chi connectivity index (χ2n) is 3.72. The molecule has 16 heavy (non-hydrogen) atoms. The van der Waals surface area contributed by atoms with Crippen LogP contribution in [0.25, 0.3) is 11.1 Å². The van der Waals surface area contributed by atoms with E-state index in [0.717, 1.165) is 5.56 Å². The van der Waals surface area contributed by atoms with E-state index in [0.29, 0.717) is 6.61 Å². The molecule has 1 heteroatoms. The second-order valence-corrected chi connectivity index (χ2v) is 3.72. The van der Waals surface area contributed by atoms with Gasteiger partial charge in [-0.3, -0.25) is 0 Å². The summed E-state index contributed by atoms with van der Waals surface area (Å²) in [6.45, 7) is 0.553. The Hall–Kier alpha value is -2.20. The minimum absolute atomic E-state index is 0.553. The summed E-state index contributed by atoms with van der Waals surface area (Å²) in [5, 5.41) is 0. The quantitative estimate of drug-likeness (QED) is 0.601. The van der Waals surface area contributed by atoms with Gasteiger partial charge < -0.3 is 4.74 Å². The summed E-state index contributed by atoms with van der Waals surface area (Å²) in [6, 6.07) is 16.4. The smallest absolute Gasteiger partial charge is 0.126 e. The minimum atomic E-state index is 0.553. The Morgan fingerprint density at radius 2 is 1.62 bits per heavy atom. The molecule has 0 saturated carbocycles. The molecule has 1 aliphatic rings. The minimum Gasteiger partial charge on any atom is -0.441 e. The van der Waals surface area contributed by atoms with E-state index in [2.05, 4.69) is 30.2 Å². The van der Waals surface area contributed by atoms with Crippen LogP contribution in [0.15, 0.2) is 48.5 Å². The lowest BCUT2D eigenvalue weighted by Crippen LogP contribution is -1.96. The molecule has 0 saturated heterocycles. The summed E-state index contributed by atoms with van der Waals surface area (Å²) in [5.74, 6) is 3.03. The highest BCUT2D eigenvalue weighted by Gasteiger charge is 2.09. The Labute approximate surface area is 94.7 Å². The molecule has 0 spiro atoms. The van der Waals surface area contributed by atoms with Gasteiger partial charge in [-0.1, -0.05) is 42.5 Å². The van der Waals surface area contributed by atoms with Gasteiger partial charge in [-0.05, 0) is 28.7 Å². The van der Waals surface area contributed by atoms with Crippen molar-refractivity contribution < 1.29 is 4.74 Å². The van der Waals surface area contributed by atoms with Gasteiger partial charge in [0.2, 0.25) is 0 Å². The lowest BCUT2D eigenvalue weighted by Gasteiger charge is -2.12. The van der Waals surface area contributed by atoms with Gasteiger partial charge in [0.25, 0.3) is 0 Å². The molecular weight excluding hydrogens is 196 g/mol. The van der Waals surface area contributed by atoms with Crippen LogP contribution in [0.5, 0.6) is 0 Å². The molecule has 2 aromatic carbocycles. The average Bonchev–Trinajstić information content (AvgIpc) is 2.33. The van der Waals surface area contributed by atoms with Crippen molar-refractivity contribution in [3.8, 4) is 23.2 Å². The first kappa shape index (κ1) is 9.06. The van der Waals surface area contributed by atoms with Crippen LogP contribution in [0, 0.1) is 12.0 Å². The fraction of sp³-hybridized carbons (Fsp3) is 0.0667. The van der Waals surface area contributed by atoms with E-state index in [9.17, 15) is 0 Å². The van der Waals surface area contributed by atoms with E-state index < -0.39 is 0 Å². The number of hydrogen-bond acceptors (Lipinski definition) is 1. The zero-order valence-electron chi connectivity index (χ0n) is 8.73. The van der Waals surface area contributed by atoms with Crippen molar-refractivity contribution in [1.29, 1.82) is 0 Å². The summed E-state index contributed by atoms with van der Waals surface area (Å²) >= 11 is 0. The Kier molecular flexibility index (Phi) is 2.12. The van der Waals surface area contributed by atoms with Crippen molar-refractivity contribution in [2.75, 3.05) is 0 Å². The summed E-state index contributed by atoms with van der Waals surface area (Å²) in [4.78, 5) is 0. The van der Waals surface area contributed by atoms with Crippen LogP contribution in [0.4, 0.5) is 0 Å². The maximum Gasteiger partial charge on any atom is 0.126 e. The van der Waals surface area contributed by atoms with Gasteiger partial charge in [-0.25, -0.2) is 0 Å². The number of benzene rings is 2. The highest BCUT2D eigenvalue weighted by atomic mass is 16.5. The van der Waals surface area contributed by atoms with Crippen LogP contribution >= 0.6 is 0 Å². The fourth-order valence-electron chi connectivity index (χ4n) is 1.94. The zero-order valence-corrected chi connectivity index (χ0v) is 8.73. The predicted molar refractivity (Wildman–Crippen MR) is 63.5 cm³/mol. The van der Waals surface area contributed by atoms with Crippen molar-refractivity contribution in [3.05, 3.63) is 59.7 Å². The highest BCUT2D eigenvalue weighted by Crippen LogP contribution is 2.28. The third-order valence-electron chi connectivity index (χ3n) is 2.72. The Bertz CT molecular complexity index is 588. The Morgan fingerprint density at radius 1 is 0.875 bits per heavy atom. The number of fused-ring (bicyclic) bond motifs is 3. The van der Waals surface area contributed by atoms with Gasteiger partial charge in [0.05, 0.1) is 0 Å². The van der Waals surface area contributed by atoms with Crippen LogP contribution in [-0.4, -0.2) is 0 Å². The van der Waals surface area contributed by atoms with Gasteiger partial charge in [0.1, 0.15) is 12.7 Å². The molecule has 1 aliphatic heterocycles. The molecule has 0 aromatic heterocycles. The molecule has 1 heterocycles. The molecule has 0 amide bonds. The van der Waals surface area contributed by atoms with Crippen molar-refractivity contribution in [3.63, 3.8) is 0 Å². The fourth-order valence-corrected chi connectivity index (χ4v) is 1.94. The SMILES string of the molecule is C1#Cc2ccccc2-c2ccccc2CO1. The van der Waals surface area contributed by atoms with Crippen molar-refractivity contribution in [2.24, 2.45) is 0 Å². The molecule has 0 unspecified atom stereocenters. The summed E-state index contributed by atoms with van der Waals surface area (Å²) < 4.78 is 5.30. The van der Waals surface area contributed by atoms with E-state index in [4.69, 9.17) is 4.74 Å². The third kappa shape index (κ3) is 1.45. The van der Waals surface area contributed by atoms with Gasteiger partial charge in [0.15, 0.2) is 0 Å². The maximum atomic E-state index is 5.30. The molecule has 0 radical (unpaired) electrons. The van der Waals surface area contributed by atoms with Crippen LogP contribution in [-0.2, 0) is 11.3 Å². The van der Waals surface area contributed by atoms with Crippen LogP contribution < -0.4 is 0 Å². The molecule has 0 atom stereocenters. The first-order valence-corrected chi connectivity index (χ1v) is 5.25. The van der Waals surface area contributed by atoms with Crippen LogP contribution in [0.1, 0.15) is 11.1 Å². The lowest BCUT2D eigenvalue weighted by atomic mass is 9.95. The van der Waals surface area contributed by atoms with E-state index in [1.807, 2.05) is 30.3 Å². The summed E-state index contributed by atoms with van der Waals surface area (Å²) in [6.07, 6.45) is 2.73. The predicted octanol–water partition coefficient (Wildman–Crippen LogP) is 3.19. The monoisotopic (exact) mass is 206 g/mol. The molecular formula is C15H10O. The van der Waals surface area contributed by atoms with E-state index in [1.165, 1.54) is 16.7 Å². The van der Waals surface area contributed by atoms with Gasteiger partial charge >= 0.3 is 0 Å². The number of rotatable bonds is 0.